The second-order valence-electron chi connectivity index (χ2n) is 5.22. The molecule has 0 amide bonds. The lowest BCUT2D eigenvalue weighted by Gasteiger charge is -2.12. The van der Waals surface area contributed by atoms with E-state index < -0.39 is 0 Å². The van der Waals surface area contributed by atoms with E-state index in [4.69, 9.17) is 16.3 Å². The standard InChI is InChI=1S/C16H26ClN3O/c1-4-18-16(19-8-9-21-12-13(2)3)20-11-14-6-5-7-15(17)10-14/h5-7,10,13H,4,8-9,11-12H2,1-3H3,(H2,18,19,20). The number of nitrogens with zero attached hydrogens (tertiary/aromatic N) is 1. The summed E-state index contributed by atoms with van der Waals surface area (Å²) in [5.74, 6) is 1.36. The summed E-state index contributed by atoms with van der Waals surface area (Å²) in [4.78, 5) is 4.54. The molecule has 1 aromatic carbocycles. The van der Waals surface area contributed by atoms with Gasteiger partial charge >= 0.3 is 0 Å². The summed E-state index contributed by atoms with van der Waals surface area (Å²) in [6.45, 7) is 9.97. The smallest absolute Gasteiger partial charge is 0.191 e. The minimum absolute atomic E-state index is 0.565. The molecule has 21 heavy (non-hydrogen) atoms. The van der Waals surface area contributed by atoms with Crippen LogP contribution < -0.4 is 10.6 Å². The molecular weight excluding hydrogens is 286 g/mol. The minimum atomic E-state index is 0.565. The zero-order valence-corrected chi connectivity index (χ0v) is 13.9. The zero-order valence-electron chi connectivity index (χ0n) is 13.2. The van der Waals surface area contributed by atoms with Gasteiger partial charge in [0.05, 0.1) is 13.2 Å². The maximum Gasteiger partial charge on any atom is 0.191 e. The van der Waals surface area contributed by atoms with Crippen LogP contribution >= 0.6 is 11.6 Å². The molecule has 0 aliphatic carbocycles. The van der Waals surface area contributed by atoms with Crippen LogP contribution in [-0.4, -0.2) is 32.3 Å². The molecule has 0 unspecified atom stereocenters. The van der Waals surface area contributed by atoms with Gasteiger partial charge in [0.2, 0.25) is 0 Å². The molecule has 0 aromatic heterocycles. The van der Waals surface area contributed by atoms with Crippen molar-refractivity contribution in [1.29, 1.82) is 0 Å². The summed E-state index contributed by atoms with van der Waals surface area (Å²) < 4.78 is 5.54. The van der Waals surface area contributed by atoms with Gasteiger partial charge in [0.1, 0.15) is 0 Å². The molecule has 0 aliphatic rings. The monoisotopic (exact) mass is 311 g/mol. The molecule has 0 atom stereocenters. The Bertz CT molecular complexity index is 435. The van der Waals surface area contributed by atoms with Crippen LogP contribution in [-0.2, 0) is 11.3 Å². The maximum atomic E-state index is 5.97. The van der Waals surface area contributed by atoms with Gasteiger partial charge in [0.25, 0.3) is 0 Å². The fourth-order valence-corrected chi connectivity index (χ4v) is 1.92. The summed E-state index contributed by atoms with van der Waals surface area (Å²) in [7, 11) is 0. The van der Waals surface area contributed by atoms with Crippen molar-refractivity contribution in [1.82, 2.24) is 10.6 Å². The minimum Gasteiger partial charge on any atom is -0.379 e. The molecule has 0 fully saturated rings. The highest BCUT2D eigenvalue weighted by Crippen LogP contribution is 2.11. The van der Waals surface area contributed by atoms with E-state index in [1.54, 1.807) is 0 Å². The summed E-state index contributed by atoms with van der Waals surface area (Å²) >= 11 is 5.97. The summed E-state index contributed by atoms with van der Waals surface area (Å²) in [5.41, 5.74) is 1.09. The van der Waals surface area contributed by atoms with E-state index in [0.717, 1.165) is 36.2 Å². The van der Waals surface area contributed by atoms with Crippen molar-refractivity contribution in [2.75, 3.05) is 26.3 Å². The molecular formula is C16H26ClN3O. The van der Waals surface area contributed by atoms with Gasteiger partial charge in [-0.15, -0.1) is 0 Å². The van der Waals surface area contributed by atoms with Gasteiger partial charge in [-0.1, -0.05) is 37.6 Å². The molecule has 0 radical (unpaired) electrons. The number of hydrogen-bond acceptors (Lipinski definition) is 2. The number of ether oxygens (including phenoxy) is 1. The van der Waals surface area contributed by atoms with Crippen molar-refractivity contribution in [3.63, 3.8) is 0 Å². The van der Waals surface area contributed by atoms with Crippen LogP contribution in [0.5, 0.6) is 0 Å². The van der Waals surface area contributed by atoms with Crippen LogP contribution in [0.15, 0.2) is 29.3 Å². The van der Waals surface area contributed by atoms with Gasteiger partial charge in [0, 0.05) is 24.7 Å². The van der Waals surface area contributed by atoms with E-state index in [1.165, 1.54) is 0 Å². The predicted octanol–water partition coefficient (Wildman–Crippen LogP) is 3.07. The van der Waals surface area contributed by atoms with Crippen LogP contribution in [0.4, 0.5) is 0 Å². The number of halogens is 1. The Morgan fingerprint density at radius 1 is 1.33 bits per heavy atom. The Hall–Kier alpha value is -1.26. The quantitative estimate of drug-likeness (QED) is 0.440. The van der Waals surface area contributed by atoms with Crippen molar-refractivity contribution in [3.8, 4) is 0 Å². The second kappa shape index (κ2) is 10.5. The number of nitrogens with one attached hydrogen (secondary N) is 2. The predicted molar refractivity (Wildman–Crippen MR) is 89.9 cm³/mol. The highest BCUT2D eigenvalue weighted by atomic mass is 35.5. The SMILES string of the molecule is CCNC(=NCc1cccc(Cl)c1)NCCOCC(C)C. The van der Waals surface area contributed by atoms with Gasteiger partial charge in [-0.3, -0.25) is 0 Å². The van der Waals surface area contributed by atoms with Crippen molar-refractivity contribution in [2.24, 2.45) is 10.9 Å². The average Bonchev–Trinajstić information content (AvgIpc) is 2.44. The lowest BCUT2D eigenvalue weighted by atomic mass is 10.2. The fraction of sp³-hybridized carbons (Fsp3) is 0.562. The summed E-state index contributed by atoms with van der Waals surface area (Å²) in [6.07, 6.45) is 0. The number of hydrogen-bond donors (Lipinski definition) is 2. The van der Waals surface area contributed by atoms with Crippen LogP contribution in [0.1, 0.15) is 26.3 Å². The second-order valence-corrected chi connectivity index (χ2v) is 5.66. The molecule has 0 saturated carbocycles. The molecule has 5 heteroatoms. The first-order valence-electron chi connectivity index (χ1n) is 7.46. The van der Waals surface area contributed by atoms with Gasteiger partial charge in [-0.25, -0.2) is 4.99 Å². The Morgan fingerprint density at radius 3 is 2.81 bits per heavy atom. The lowest BCUT2D eigenvalue weighted by Crippen LogP contribution is -2.39. The third-order valence-corrected chi connectivity index (χ3v) is 2.88. The van der Waals surface area contributed by atoms with Crippen molar-refractivity contribution in [2.45, 2.75) is 27.3 Å². The molecule has 1 rings (SSSR count). The maximum absolute atomic E-state index is 5.97. The van der Waals surface area contributed by atoms with Gasteiger partial charge < -0.3 is 15.4 Å². The summed E-state index contributed by atoms with van der Waals surface area (Å²) in [5, 5.41) is 7.22. The molecule has 118 valence electrons. The van der Waals surface area contributed by atoms with Crippen molar-refractivity contribution in [3.05, 3.63) is 34.9 Å². The van der Waals surface area contributed by atoms with E-state index in [2.05, 4.69) is 29.5 Å². The van der Waals surface area contributed by atoms with Crippen LogP contribution in [0.25, 0.3) is 0 Å². The first-order valence-corrected chi connectivity index (χ1v) is 7.84. The molecule has 4 nitrogen and oxygen atoms in total. The molecule has 2 N–H and O–H groups in total. The molecule has 0 bridgehead atoms. The van der Waals surface area contributed by atoms with Gasteiger partial charge in [-0.05, 0) is 30.5 Å². The van der Waals surface area contributed by atoms with E-state index in [-0.39, 0.29) is 0 Å². The van der Waals surface area contributed by atoms with Crippen molar-refractivity contribution < 1.29 is 4.74 Å². The fourth-order valence-electron chi connectivity index (χ4n) is 1.71. The van der Waals surface area contributed by atoms with E-state index in [9.17, 15) is 0 Å². The number of rotatable bonds is 8. The lowest BCUT2D eigenvalue weighted by molar-refractivity contribution is 0.114. The third-order valence-electron chi connectivity index (χ3n) is 2.64. The molecule has 0 spiro atoms. The van der Waals surface area contributed by atoms with Gasteiger partial charge in [0.15, 0.2) is 5.96 Å². The normalized spacial score (nSPS) is 11.8. The van der Waals surface area contributed by atoms with Crippen LogP contribution in [0.3, 0.4) is 0 Å². The molecule has 0 saturated heterocycles. The Kier molecular flexibility index (Phi) is 8.87. The Balaban J connectivity index is 2.39. The van der Waals surface area contributed by atoms with Crippen LogP contribution in [0.2, 0.25) is 5.02 Å². The largest absolute Gasteiger partial charge is 0.379 e. The number of guanidine groups is 1. The van der Waals surface area contributed by atoms with E-state index >= 15 is 0 Å². The number of aliphatic imine (C=N–C) groups is 1. The molecule has 1 aromatic rings. The summed E-state index contributed by atoms with van der Waals surface area (Å²) in [6, 6.07) is 7.75. The van der Waals surface area contributed by atoms with E-state index in [1.807, 2.05) is 31.2 Å². The highest BCUT2D eigenvalue weighted by Gasteiger charge is 1.99. The first-order chi connectivity index (χ1) is 10.1. The zero-order chi connectivity index (χ0) is 15.5. The Labute approximate surface area is 132 Å². The van der Waals surface area contributed by atoms with E-state index in [0.29, 0.717) is 19.1 Å². The third kappa shape index (κ3) is 8.58. The number of benzene rings is 1. The van der Waals surface area contributed by atoms with Crippen LogP contribution in [0, 0.1) is 5.92 Å². The highest BCUT2D eigenvalue weighted by molar-refractivity contribution is 6.30. The van der Waals surface area contributed by atoms with Crippen molar-refractivity contribution >= 4 is 17.6 Å². The topological polar surface area (TPSA) is 45.7 Å². The first kappa shape index (κ1) is 17.8. The average molecular weight is 312 g/mol. The molecule has 0 aliphatic heterocycles. The molecule has 0 heterocycles. The van der Waals surface area contributed by atoms with Gasteiger partial charge in [-0.2, -0.15) is 0 Å². The Morgan fingerprint density at radius 2 is 2.14 bits per heavy atom.